The van der Waals surface area contributed by atoms with E-state index in [1.54, 1.807) is 0 Å². The van der Waals surface area contributed by atoms with Gasteiger partial charge in [-0.15, -0.1) is 11.3 Å². The molecule has 25 heavy (non-hydrogen) atoms. The van der Waals surface area contributed by atoms with E-state index in [0.717, 1.165) is 18.8 Å². The molecule has 0 bridgehead atoms. The van der Waals surface area contributed by atoms with Gasteiger partial charge in [0.25, 0.3) is 0 Å². The lowest BCUT2D eigenvalue weighted by Crippen LogP contribution is -2.33. The molecule has 1 aliphatic heterocycles. The summed E-state index contributed by atoms with van der Waals surface area (Å²) in [4.78, 5) is 4.08. The molecule has 0 spiro atoms. The molecule has 2 aromatic heterocycles. The van der Waals surface area contributed by atoms with E-state index in [1.807, 2.05) is 40.4 Å². The van der Waals surface area contributed by atoms with Crippen molar-refractivity contribution in [3.8, 4) is 5.69 Å². The number of nitrogens with zero attached hydrogens (tertiary/aromatic N) is 3. The lowest BCUT2D eigenvalue weighted by molar-refractivity contribution is 0.242. The largest absolute Gasteiger partial charge is 0.311 e. The first-order valence-corrected chi connectivity index (χ1v) is 9.85. The average molecular weight is 353 g/mol. The highest BCUT2D eigenvalue weighted by Crippen LogP contribution is 2.27. The lowest BCUT2D eigenvalue weighted by Gasteiger charge is -2.27. The van der Waals surface area contributed by atoms with E-state index in [2.05, 4.69) is 51.2 Å². The Bertz CT molecular complexity index is 760. The van der Waals surface area contributed by atoms with Gasteiger partial charge in [-0.25, -0.2) is 4.68 Å². The molecule has 1 N–H and O–H groups in total. The van der Waals surface area contributed by atoms with Crippen molar-refractivity contribution >= 4 is 11.3 Å². The minimum atomic E-state index is 0.492. The van der Waals surface area contributed by atoms with Crippen LogP contribution in [0.2, 0.25) is 0 Å². The summed E-state index contributed by atoms with van der Waals surface area (Å²) in [5.74, 6) is 0. The van der Waals surface area contributed by atoms with Crippen molar-refractivity contribution < 1.29 is 0 Å². The first-order chi connectivity index (χ1) is 12.4. The summed E-state index contributed by atoms with van der Waals surface area (Å²) in [5.41, 5.74) is 2.32. The van der Waals surface area contributed by atoms with E-state index in [-0.39, 0.29) is 0 Å². The van der Waals surface area contributed by atoms with Crippen molar-refractivity contribution in [2.75, 3.05) is 19.6 Å². The highest BCUT2D eigenvalue weighted by Gasteiger charge is 2.23. The number of aromatic nitrogens is 2. The Balaban J connectivity index is 1.37. The summed E-state index contributed by atoms with van der Waals surface area (Å²) >= 11 is 1.87. The molecule has 4 rings (SSSR count). The third kappa shape index (κ3) is 4.00. The second-order valence-corrected chi connectivity index (χ2v) is 7.51. The first kappa shape index (κ1) is 16.5. The zero-order chi connectivity index (χ0) is 16.9. The van der Waals surface area contributed by atoms with Crippen LogP contribution in [0.5, 0.6) is 0 Å². The van der Waals surface area contributed by atoms with Crippen molar-refractivity contribution in [2.24, 2.45) is 0 Å². The number of hydrogen-bond acceptors (Lipinski definition) is 4. The van der Waals surface area contributed by atoms with Gasteiger partial charge in [0.1, 0.15) is 0 Å². The van der Waals surface area contributed by atoms with Crippen LogP contribution in [0.1, 0.15) is 29.3 Å². The zero-order valence-electron chi connectivity index (χ0n) is 14.3. The summed E-state index contributed by atoms with van der Waals surface area (Å²) in [5, 5.41) is 10.3. The normalized spacial score (nSPS) is 16.3. The number of nitrogens with one attached hydrogen (secondary N) is 1. The maximum atomic E-state index is 4.48. The van der Waals surface area contributed by atoms with E-state index in [0.29, 0.717) is 6.04 Å². The Morgan fingerprint density at radius 3 is 2.68 bits per heavy atom. The van der Waals surface area contributed by atoms with E-state index in [1.165, 1.54) is 36.4 Å². The molecule has 1 fully saturated rings. The fourth-order valence-electron chi connectivity index (χ4n) is 3.47. The van der Waals surface area contributed by atoms with E-state index >= 15 is 0 Å². The SMILES string of the molecule is c1ccc(-n2cc(CNC[C@@H](c3cccs3)N3CCCC3)cn2)cc1. The van der Waals surface area contributed by atoms with E-state index in [9.17, 15) is 0 Å². The fraction of sp³-hybridized carbons (Fsp3) is 0.350. The topological polar surface area (TPSA) is 33.1 Å². The molecule has 5 heteroatoms. The van der Waals surface area contributed by atoms with Crippen LogP contribution < -0.4 is 5.32 Å². The molecule has 0 amide bonds. The maximum absolute atomic E-state index is 4.48. The standard InChI is InChI=1S/C20H24N4S/c1-2-7-18(8-3-1)24-16-17(14-22-24)13-21-15-19(20-9-6-12-25-20)23-10-4-5-11-23/h1-3,6-9,12,14,16,19,21H,4-5,10-11,13,15H2/t19-/m0/s1. The van der Waals surface area contributed by atoms with Gasteiger partial charge >= 0.3 is 0 Å². The Hall–Kier alpha value is -1.95. The van der Waals surface area contributed by atoms with Gasteiger partial charge < -0.3 is 5.32 Å². The third-order valence-corrected chi connectivity index (χ3v) is 5.75. The summed E-state index contributed by atoms with van der Waals surface area (Å²) in [6.45, 7) is 4.27. The number of hydrogen-bond donors (Lipinski definition) is 1. The molecule has 3 aromatic rings. The summed E-state index contributed by atoms with van der Waals surface area (Å²) in [7, 11) is 0. The minimum absolute atomic E-state index is 0.492. The van der Waals surface area contributed by atoms with Gasteiger partial charge in [-0.3, -0.25) is 4.90 Å². The molecule has 1 aliphatic rings. The van der Waals surface area contributed by atoms with Crippen molar-refractivity contribution in [1.29, 1.82) is 0 Å². The average Bonchev–Trinajstić information content (AvgIpc) is 3.42. The molecule has 1 saturated heterocycles. The third-order valence-electron chi connectivity index (χ3n) is 4.78. The van der Waals surface area contributed by atoms with Crippen molar-refractivity contribution in [1.82, 2.24) is 20.0 Å². The molecule has 1 aromatic carbocycles. The molecule has 0 aliphatic carbocycles. The second-order valence-electron chi connectivity index (χ2n) is 6.53. The summed E-state index contributed by atoms with van der Waals surface area (Å²) in [6, 6.07) is 15.2. The molecule has 4 nitrogen and oxygen atoms in total. The number of benzene rings is 1. The van der Waals surface area contributed by atoms with E-state index < -0.39 is 0 Å². The van der Waals surface area contributed by atoms with Gasteiger partial charge in [0, 0.05) is 29.7 Å². The van der Waals surface area contributed by atoms with Gasteiger partial charge in [-0.2, -0.15) is 5.10 Å². The van der Waals surface area contributed by atoms with Crippen molar-refractivity contribution in [2.45, 2.75) is 25.4 Å². The van der Waals surface area contributed by atoms with Crippen molar-refractivity contribution in [3.63, 3.8) is 0 Å². The van der Waals surface area contributed by atoms with Crippen LogP contribution in [-0.2, 0) is 6.54 Å². The van der Waals surface area contributed by atoms with Crippen LogP contribution in [0, 0.1) is 0 Å². The predicted molar refractivity (Wildman–Crippen MR) is 103 cm³/mol. The molecule has 130 valence electrons. The first-order valence-electron chi connectivity index (χ1n) is 8.97. The Morgan fingerprint density at radius 2 is 1.92 bits per heavy atom. The van der Waals surface area contributed by atoms with Crippen LogP contribution in [0.15, 0.2) is 60.2 Å². The van der Waals surface area contributed by atoms with Gasteiger partial charge in [0.05, 0.1) is 17.9 Å². The molecule has 0 saturated carbocycles. The maximum Gasteiger partial charge on any atom is 0.0645 e. The smallest absolute Gasteiger partial charge is 0.0645 e. The summed E-state index contributed by atoms with van der Waals surface area (Å²) < 4.78 is 1.94. The number of thiophene rings is 1. The molecule has 0 unspecified atom stereocenters. The predicted octanol–water partition coefficient (Wildman–Crippen LogP) is 3.86. The van der Waals surface area contributed by atoms with Gasteiger partial charge in [-0.05, 0) is 49.5 Å². The number of para-hydroxylation sites is 1. The van der Waals surface area contributed by atoms with Crippen LogP contribution in [0.3, 0.4) is 0 Å². The zero-order valence-corrected chi connectivity index (χ0v) is 15.2. The van der Waals surface area contributed by atoms with Crippen LogP contribution >= 0.6 is 11.3 Å². The summed E-state index contributed by atoms with van der Waals surface area (Å²) in [6.07, 6.45) is 6.71. The highest BCUT2D eigenvalue weighted by atomic mass is 32.1. The van der Waals surface area contributed by atoms with E-state index in [4.69, 9.17) is 0 Å². The highest BCUT2D eigenvalue weighted by molar-refractivity contribution is 7.10. The number of likely N-dealkylation sites (tertiary alicyclic amines) is 1. The van der Waals surface area contributed by atoms with Crippen LogP contribution in [0.4, 0.5) is 0 Å². The molecular formula is C20H24N4S. The fourth-order valence-corrected chi connectivity index (χ4v) is 4.33. The Kier molecular flexibility index (Phi) is 5.25. The minimum Gasteiger partial charge on any atom is -0.311 e. The van der Waals surface area contributed by atoms with Gasteiger partial charge in [0.2, 0.25) is 0 Å². The van der Waals surface area contributed by atoms with Gasteiger partial charge in [-0.1, -0.05) is 24.3 Å². The molecule has 3 heterocycles. The second kappa shape index (κ2) is 7.95. The van der Waals surface area contributed by atoms with Crippen molar-refractivity contribution in [3.05, 3.63) is 70.7 Å². The number of rotatable bonds is 7. The Morgan fingerprint density at radius 1 is 1.08 bits per heavy atom. The Labute approximate surface area is 153 Å². The molecule has 1 atom stereocenters. The van der Waals surface area contributed by atoms with Crippen LogP contribution in [0.25, 0.3) is 5.69 Å². The molecule has 0 radical (unpaired) electrons. The quantitative estimate of drug-likeness (QED) is 0.701. The van der Waals surface area contributed by atoms with Crippen LogP contribution in [-0.4, -0.2) is 34.3 Å². The molecular weight excluding hydrogens is 328 g/mol. The van der Waals surface area contributed by atoms with Gasteiger partial charge in [0.15, 0.2) is 0 Å². The lowest BCUT2D eigenvalue weighted by atomic mass is 10.2. The monoisotopic (exact) mass is 352 g/mol.